The molecule has 21 heavy (non-hydrogen) atoms. The molecule has 0 aliphatic carbocycles. The second-order valence-electron chi connectivity index (χ2n) is 4.58. The Kier molecular flexibility index (Phi) is 4.57. The Morgan fingerprint density at radius 2 is 2.05 bits per heavy atom. The van der Waals surface area contributed by atoms with Crippen LogP contribution in [0.4, 0.5) is 5.69 Å². The fraction of sp³-hybridized carbons (Fsp3) is 0.400. The Bertz CT molecular complexity index is 581. The van der Waals surface area contributed by atoms with E-state index < -0.39 is 11.7 Å². The third-order valence-corrected chi connectivity index (χ3v) is 3.25. The Hall–Kier alpha value is -2.37. The summed E-state index contributed by atoms with van der Waals surface area (Å²) in [6.45, 7) is 2.38. The maximum absolute atomic E-state index is 12.0. The number of rotatable bonds is 6. The van der Waals surface area contributed by atoms with E-state index in [0.717, 1.165) is 0 Å². The number of ketones is 1. The number of carbonyl (C=O) groups is 3. The first-order valence-electron chi connectivity index (χ1n) is 6.78. The van der Waals surface area contributed by atoms with E-state index in [0.29, 0.717) is 36.6 Å². The van der Waals surface area contributed by atoms with Crippen molar-refractivity contribution in [2.75, 3.05) is 25.2 Å². The SMILES string of the molecule is CCOC(=O)CCCN1C(=O)C(=O)c2cc(OC)ccc21. The number of anilines is 1. The maximum atomic E-state index is 12.0. The van der Waals surface area contributed by atoms with Gasteiger partial charge in [-0.15, -0.1) is 0 Å². The highest BCUT2D eigenvalue weighted by Crippen LogP contribution is 2.32. The first kappa shape index (κ1) is 15.0. The van der Waals surface area contributed by atoms with Gasteiger partial charge in [-0.3, -0.25) is 14.4 Å². The molecule has 1 aliphatic rings. The molecule has 0 saturated carbocycles. The van der Waals surface area contributed by atoms with Crippen molar-refractivity contribution < 1.29 is 23.9 Å². The Morgan fingerprint density at radius 3 is 2.71 bits per heavy atom. The molecule has 0 spiro atoms. The minimum Gasteiger partial charge on any atom is -0.497 e. The molecule has 1 amide bonds. The van der Waals surface area contributed by atoms with E-state index in [1.807, 2.05) is 0 Å². The summed E-state index contributed by atoms with van der Waals surface area (Å²) in [5, 5.41) is 0. The molecular weight excluding hydrogens is 274 g/mol. The van der Waals surface area contributed by atoms with Crippen LogP contribution in [0.25, 0.3) is 0 Å². The molecule has 1 heterocycles. The van der Waals surface area contributed by atoms with E-state index in [1.54, 1.807) is 25.1 Å². The zero-order valence-corrected chi connectivity index (χ0v) is 12.0. The number of benzene rings is 1. The van der Waals surface area contributed by atoms with Gasteiger partial charge in [-0.1, -0.05) is 0 Å². The molecule has 0 aromatic heterocycles. The van der Waals surface area contributed by atoms with E-state index >= 15 is 0 Å². The molecule has 0 N–H and O–H groups in total. The average Bonchev–Trinajstić information content (AvgIpc) is 2.72. The summed E-state index contributed by atoms with van der Waals surface area (Å²) < 4.78 is 9.88. The molecule has 112 valence electrons. The topological polar surface area (TPSA) is 72.9 Å². The molecule has 6 nitrogen and oxygen atoms in total. The van der Waals surface area contributed by atoms with Crippen LogP contribution in [0.1, 0.15) is 30.1 Å². The van der Waals surface area contributed by atoms with Crippen LogP contribution in [0.5, 0.6) is 5.75 Å². The van der Waals surface area contributed by atoms with Gasteiger partial charge in [-0.05, 0) is 31.5 Å². The van der Waals surface area contributed by atoms with Crippen molar-refractivity contribution in [3.05, 3.63) is 23.8 Å². The standard InChI is InChI=1S/C15H17NO5/c1-3-21-13(17)5-4-8-16-12-7-6-10(20-2)9-11(12)14(18)15(16)19/h6-7,9H,3-5,8H2,1-2H3. The highest BCUT2D eigenvalue weighted by molar-refractivity contribution is 6.52. The molecule has 0 radical (unpaired) electrons. The fourth-order valence-corrected chi connectivity index (χ4v) is 2.24. The molecule has 0 fully saturated rings. The zero-order valence-electron chi connectivity index (χ0n) is 12.0. The van der Waals surface area contributed by atoms with Gasteiger partial charge in [0, 0.05) is 13.0 Å². The quantitative estimate of drug-likeness (QED) is 0.587. The van der Waals surface area contributed by atoms with Crippen LogP contribution in [-0.2, 0) is 14.3 Å². The predicted molar refractivity (Wildman–Crippen MR) is 75.5 cm³/mol. The molecule has 0 atom stereocenters. The van der Waals surface area contributed by atoms with Crippen molar-refractivity contribution >= 4 is 23.3 Å². The smallest absolute Gasteiger partial charge is 0.305 e. The summed E-state index contributed by atoms with van der Waals surface area (Å²) in [5.41, 5.74) is 0.908. The predicted octanol–water partition coefficient (Wildman–Crippen LogP) is 1.57. The van der Waals surface area contributed by atoms with Crippen molar-refractivity contribution in [3.63, 3.8) is 0 Å². The molecule has 2 rings (SSSR count). The molecule has 0 unspecified atom stereocenters. The monoisotopic (exact) mass is 291 g/mol. The highest BCUT2D eigenvalue weighted by Gasteiger charge is 2.35. The van der Waals surface area contributed by atoms with Crippen LogP contribution in [0.2, 0.25) is 0 Å². The number of amides is 1. The van der Waals surface area contributed by atoms with Gasteiger partial charge in [0.1, 0.15) is 5.75 Å². The number of methoxy groups -OCH3 is 1. The summed E-state index contributed by atoms with van der Waals surface area (Å²) >= 11 is 0. The number of carbonyl (C=O) groups excluding carboxylic acids is 3. The number of Topliss-reactive ketones (excluding diaryl/α,β-unsaturated/α-hetero) is 1. The second-order valence-corrected chi connectivity index (χ2v) is 4.58. The van der Waals surface area contributed by atoms with Gasteiger partial charge in [0.05, 0.1) is 25.0 Å². The van der Waals surface area contributed by atoms with Crippen LogP contribution in [-0.4, -0.2) is 37.9 Å². The third-order valence-electron chi connectivity index (χ3n) is 3.25. The van der Waals surface area contributed by atoms with Gasteiger partial charge in [0.2, 0.25) is 0 Å². The van der Waals surface area contributed by atoms with Crippen molar-refractivity contribution in [2.24, 2.45) is 0 Å². The van der Waals surface area contributed by atoms with E-state index in [4.69, 9.17) is 9.47 Å². The van der Waals surface area contributed by atoms with Gasteiger partial charge in [-0.25, -0.2) is 0 Å². The molecule has 6 heteroatoms. The van der Waals surface area contributed by atoms with Crippen molar-refractivity contribution in [3.8, 4) is 5.75 Å². The Labute approximate surface area is 122 Å². The van der Waals surface area contributed by atoms with E-state index in [9.17, 15) is 14.4 Å². The van der Waals surface area contributed by atoms with E-state index in [1.165, 1.54) is 12.0 Å². The third kappa shape index (κ3) is 3.04. The highest BCUT2D eigenvalue weighted by atomic mass is 16.5. The Balaban J connectivity index is 2.07. The number of hydrogen-bond acceptors (Lipinski definition) is 5. The number of esters is 1. The summed E-state index contributed by atoms with van der Waals surface area (Å²) in [5.74, 6) is -0.879. The minimum atomic E-state index is -0.567. The van der Waals surface area contributed by atoms with Gasteiger partial charge in [0.15, 0.2) is 0 Å². The van der Waals surface area contributed by atoms with Gasteiger partial charge >= 0.3 is 5.97 Å². The number of ether oxygens (including phenoxy) is 2. The van der Waals surface area contributed by atoms with E-state index in [2.05, 4.69) is 0 Å². The van der Waals surface area contributed by atoms with Crippen LogP contribution >= 0.6 is 0 Å². The molecule has 0 saturated heterocycles. The zero-order chi connectivity index (χ0) is 15.4. The number of fused-ring (bicyclic) bond motifs is 1. The fourth-order valence-electron chi connectivity index (χ4n) is 2.24. The van der Waals surface area contributed by atoms with Gasteiger partial charge in [0.25, 0.3) is 11.7 Å². The summed E-state index contributed by atoms with van der Waals surface area (Å²) in [6.07, 6.45) is 0.667. The normalized spacial score (nSPS) is 13.3. The van der Waals surface area contributed by atoms with Crippen molar-refractivity contribution in [1.29, 1.82) is 0 Å². The lowest BCUT2D eigenvalue weighted by atomic mass is 10.1. The summed E-state index contributed by atoms with van der Waals surface area (Å²) in [6, 6.07) is 4.94. The largest absolute Gasteiger partial charge is 0.497 e. The summed E-state index contributed by atoms with van der Waals surface area (Å²) in [7, 11) is 1.50. The molecule has 1 aromatic carbocycles. The van der Waals surface area contributed by atoms with Gasteiger partial charge in [-0.2, -0.15) is 0 Å². The van der Waals surface area contributed by atoms with Crippen LogP contribution in [0.3, 0.4) is 0 Å². The molecule has 1 aromatic rings. The van der Waals surface area contributed by atoms with Crippen molar-refractivity contribution in [2.45, 2.75) is 19.8 Å². The lowest BCUT2D eigenvalue weighted by molar-refractivity contribution is -0.143. The minimum absolute atomic E-state index is 0.220. The van der Waals surface area contributed by atoms with Crippen molar-refractivity contribution in [1.82, 2.24) is 0 Å². The first-order valence-corrected chi connectivity index (χ1v) is 6.78. The van der Waals surface area contributed by atoms with Crippen LogP contribution < -0.4 is 9.64 Å². The average molecular weight is 291 g/mol. The lowest BCUT2D eigenvalue weighted by Crippen LogP contribution is -2.31. The first-order chi connectivity index (χ1) is 10.1. The second kappa shape index (κ2) is 6.39. The van der Waals surface area contributed by atoms with Crippen LogP contribution in [0.15, 0.2) is 18.2 Å². The molecule has 0 bridgehead atoms. The number of hydrogen-bond donors (Lipinski definition) is 0. The van der Waals surface area contributed by atoms with E-state index in [-0.39, 0.29) is 12.4 Å². The lowest BCUT2D eigenvalue weighted by Gasteiger charge is -2.16. The Morgan fingerprint density at radius 1 is 1.29 bits per heavy atom. The van der Waals surface area contributed by atoms with Gasteiger partial charge < -0.3 is 14.4 Å². The molecule has 1 aliphatic heterocycles. The summed E-state index contributed by atoms with van der Waals surface area (Å²) in [4.78, 5) is 36.6. The molecular formula is C15H17NO5. The number of nitrogens with zero attached hydrogens (tertiary/aromatic N) is 1. The van der Waals surface area contributed by atoms with Crippen LogP contribution in [0, 0.1) is 0 Å². The maximum Gasteiger partial charge on any atom is 0.305 e.